The van der Waals surface area contributed by atoms with Gasteiger partial charge in [-0.15, -0.1) is 0 Å². The van der Waals surface area contributed by atoms with E-state index in [0.717, 1.165) is 15.6 Å². The summed E-state index contributed by atoms with van der Waals surface area (Å²) < 4.78 is 1.07. The summed E-state index contributed by atoms with van der Waals surface area (Å²) in [6.07, 6.45) is 0. The second-order valence-electron chi connectivity index (χ2n) is 6.69. The fourth-order valence-electron chi connectivity index (χ4n) is 3.46. The first-order chi connectivity index (χ1) is 11.6. The highest BCUT2D eigenvalue weighted by atomic mass is 79.9. The first-order valence-electron chi connectivity index (χ1n) is 8.08. The van der Waals surface area contributed by atoms with Gasteiger partial charge < -0.3 is 0 Å². The molecule has 0 unspecified atom stereocenters. The number of hydrogen-bond donors (Lipinski definition) is 0. The summed E-state index contributed by atoms with van der Waals surface area (Å²) in [5, 5.41) is 0. The zero-order chi connectivity index (χ0) is 16.7. The fraction of sp³-hybridized carbons (Fsp3) is 0.130. The zero-order valence-electron chi connectivity index (χ0n) is 13.7. The van der Waals surface area contributed by atoms with Gasteiger partial charge in [0.2, 0.25) is 0 Å². The van der Waals surface area contributed by atoms with Crippen molar-refractivity contribution >= 4 is 15.9 Å². The molecule has 3 aromatic carbocycles. The van der Waals surface area contributed by atoms with Crippen molar-refractivity contribution in [1.29, 1.82) is 0 Å². The molecule has 24 heavy (non-hydrogen) atoms. The third-order valence-corrected chi connectivity index (χ3v) is 5.31. The lowest BCUT2D eigenvalue weighted by atomic mass is 9.82. The van der Waals surface area contributed by atoms with Crippen molar-refractivity contribution in [3.05, 3.63) is 93.5 Å². The highest BCUT2D eigenvalue weighted by Crippen LogP contribution is 2.48. The molecule has 0 saturated heterocycles. The van der Waals surface area contributed by atoms with Crippen LogP contribution in [0.1, 0.15) is 36.1 Å². The lowest BCUT2D eigenvalue weighted by Gasteiger charge is -2.21. The van der Waals surface area contributed by atoms with Crippen LogP contribution in [0.3, 0.4) is 0 Å². The Morgan fingerprint density at radius 1 is 0.708 bits per heavy atom. The van der Waals surface area contributed by atoms with Gasteiger partial charge in [-0.2, -0.15) is 0 Å². The molecule has 0 atom stereocenters. The Labute approximate surface area is 151 Å². The molecule has 0 aromatic heterocycles. The van der Waals surface area contributed by atoms with Crippen molar-refractivity contribution in [3.63, 3.8) is 0 Å². The van der Waals surface area contributed by atoms with Crippen molar-refractivity contribution in [2.75, 3.05) is 0 Å². The molecule has 0 spiro atoms. The van der Waals surface area contributed by atoms with E-state index in [2.05, 4.69) is 84.1 Å². The van der Waals surface area contributed by atoms with Crippen LogP contribution in [0.5, 0.6) is 0 Å². The molecular weight excluding hydrogens is 356 g/mol. The number of rotatable bonds is 0. The summed E-state index contributed by atoms with van der Waals surface area (Å²) in [5.74, 6) is 6.57. The van der Waals surface area contributed by atoms with E-state index in [1.54, 1.807) is 0 Å². The lowest BCUT2D eigenvalue weighted by molar-refractivity contribution is 0.660. The molecule has 0 bridgehead atoms. The minimum absolute atomic E-state index is 0.0290. The molecule has 0 N–H and O–H groups in total. The van der Waals surface area contributed by atoms with Crippen LogP contribution in [0, 0.1) is 11.8 Å². The van der Waals surface area contributed by atoms with E-state index in [1.807, 2.05) is 24.3 Å². The Hall–Kier alpha value is -2.30. The summed E-state index contributed by atoms with van der Waals surface area (Å²) in [6, 6.07) is 23.4. The van der Waals surface area contributed by atoms with Crippen LogP contribution in [-0.4, -0.2) is 0 Å². The van der Waals surface area contributed by atoms with Gasteiger partial charge in [-0.1, -0.05) is 72.0 Å². The maximum atomic E-state index is 3.45. The first-order valence-corrected chi connectivity index (χ1v) is 8.87. The smallest absolute Gasteiger partial charge is 0.0252 e. The van der Waals surface area contributed by atoms with Crippen LogP contribution in [0.15, 0.2) is 71.2 Å². The molecule has 0 fully saturated rings. The Morgan fingerprint density at radius 3 is 2.12 bits per heavy atom. The van der Waals surface area contributed by atoms with E-state index in [9.17, 15) is 0 Å². The van der Waals surface area contributed by atoms with Gasteiger partial charge in [-0.3, -0.25) is 0 Å². The predicted octanol–water partition coefficient (Wildman–Crippen LogP) is 6.16. The summed E-state index contributed by atoms with van der Waals surface area (Å²) in [7, 11) is 0. The first kappa shape index (κ1) is 15.2. The second kappa shape index (κ2) is 5.65. The Morgan fingerprint density at radius 2 is 1.33 bits per heavy atom. The molecule has 0 nitrogen and oxygen atoms in total. The van der Waals surface area contributed by atoms with Gasteiger partial charge in [0.1, 0.15) is 0 Å². The zero-order valence-corrected chi connectivity index (χ0v) is 15.3. The van der Waals surface area contributed by atoms with Crippen LogP contribution in [0.4, 0.5) is 0 Å². The minimum atomic E-state index is 0.0290. The molecule has 0 radical (unpaired) electrons. The second-order valence-corrected chi connectivity index (χ2v) is 7.60. The topological polar surface area (TPSA) is 0 Å². The molecule has 0 saturated carbocycles. The van der Waals surface area contributed by atoms with Crippen LogP contribution < -0.4 is 0 Å². The maximum Gasteiger partial charge on any atom is 0.0252 e. The van der Waals surface area contributed by atoms with E-state index in [0.29, 0.717) is 0 Å². The van der Waals surface area contributed by atoms with E-state index < -0.39 is 0 Å². The summed E-state index contributed by atoms with van der Waals surface area (Å²) in [4.78, 5) is 0. The van der Waals surface area contributed by atoms with Crippen LogP contribution in [-0.2, 0) is 5.41 Å². The van der Waals surface area contributed by atoms with Gasteiger partial charge in [0.15, 0.2) is 0 Å². The molecule has 0 amide bonds. The number of halogens is 1. The largest absolute Gasteiger partial charge is 0.0619 e. The van der Waals surface area contributed by atoms with Crippen LogP contribution in [0.25, 0.3) is 11.1 Å². The third kappa shape index (κ3) is 2.48. The van der Waals surface area contributed by atoms with Crippen molar-refractivity contribution in [3.8, 4) is 23.0 Å². The Bertz CT molecular complexity index is 983. The van der Waals surface area contributed by atoms with E-state index in [4.69, 9.17) is 0 Å². The molecule has 0 heterocycles. The molecule has 3 aromatic rings. The van der Waals surface area contributed by atoms with Gasteiger partial charge in [-0.25, -0.2) is 0 Å². The number of benzene rings is 3. The maximum absolute atomic E-state index is 3.45. The highest BCUT2D eigenvalue weighted by molar-refractivity contribution is 9.10. The molecule has 0 aliphatic heterocycles. The molecule has 1 aliphatic carbocycles. The fourth-order valence-corrected chi connectivity index (χ4v) is 3.72. The van der Waals surface area contributed by atoms with Gasteiger partial charge in [0.25, 0.3) is 0 Å². The average Bonchev–Trinajstić information content (AvgIpc) is 2.83. The van der Waals surface area contributed by atoms with E-state index in [-0.39, 0.29) is 5.41 Å². The van der Waals surface area contributed by atoms with Gasteiger partial charge in [0, 0.05) is 21.0 Å². The molecule has 4 rings (SSSR count). The normalized spacial score (nSPS) is 13.6. The standard InChI is InChI=1S/C23H17Br/c1-23(2)21-6-4-3-5-19(21)20-14-11-17(15-22(20)23)8-7-16-9-12-18(24)13-10-16/h3-6,9-15H,1-2H3. The summed E-state index contributed by atoms with van der Waals surface area (Å²) in [5.41, 5.74) is 7.58. The van der Waals surface area contributed by atoms with Crippen LogP contribution in [0.2, 0.25) is 0 Å². The average molecular weight is 373 g/mol. The number of hydrogen-bond acceptors (Lipinski definition) is 0. The minimum Gasteiger partial charge on any atom is -0.0619 e. The van der Waals surface area contributed by atoms with Gasteiger partial charge in [0.05, 0.1) is 0 Å². The molecular formula is C23H17Br. The quantitative estimate of drug-likeness (QED) is 0.414. The molecule has 1 aliphatic rings. The highest BCUT2D eigenvalue weighted by Gasteiger charge is 2.34. The van der Waals surface area contributed by atoms with Crippen molar-refractivity contribution in [1.82, 2.24) is 0 Å². The van der Waals surface area contributed by atoms with Crippen molar-refractivity contribution in [2.45, 2.75) is 19.3 Å². The van der Waals surface area contributed by atoms with Gasteiger partial charge >= 0.3 is 0 Å². The summed E-state index contributed by atoms with van der Waals surface area (Å²) in [6.45, 7) is 4.59. The molecule has 116 valence electrons. The Kier molecular flexibility index (Phi) is 3.59. The van der Waals surface area contributed by atoms with E-state index >= 15 is 0 Å². The summed E-state index contributed by atoms with van der Waals surface area (Å²) >= 11 is 3.45. The third-order valence-electron chi connectivity index (χ3n) is 4.78. The van der Waals surface area contributed by atoms with Crippen molar-refractivity contribution in [2.24, 2.45) is 0 Å². The monoisotopic (exact) mass is 372 g/mol. The van der Waals surface area contributed by atoms with Gasteiger partial charge in [-0.05, 0) is 58.7 Å². The molecule has 1 heteroatoms. The van der Waals surface area contributed by atoms with Crippen LogP contribution >= 0.6 is 15.9 Å². The Balaban J connectivity index is 1.76. The van der Waals surface area contributed by atoms with Crippen molar-refractivity contribution < 1.29 is 0 Å². The lowest BCUT2D eigenvalue weighted by Crippen LogP contribution is -2.14. The number of fused-ring (bicyclic) bond motifs is 3. The SMILES string of the molecule is CC1(C)c2ccccc2-c2ccc(C#Cc3ccc(Br)cc3)cc21. The van der Waals surface area contributed by atoms with E-state index in [1.165, 1.54) is 22.3 Å². The predicted molar refractivity (Wildman–Crippen MR) is 104 cm³/mol.